The fraction of sp³-hybridized carbons (Fsp3) is 0.615. The van der Waals surface area contributed by atoms with Gasteiger partial charge in [0.1, 0.15) is 23.9 Å². The molecule has 1 aromatic rings. The van der Waals surface area contributed by atoms with Gasteiger partial charge in [0, 0.05) is 17.7 Å². The molecule has 0 saturated carbocycles. The Labute approximate surface area is 212 Å². The van der Waals surface area contributed by atoms with Crippen molar-refractivity contribution in [2.24, 2.45) is 5.92 Å². The Hall–Kier alpha value is -3.14. The Bertz CT molecular complexity index is 980. The summed E-state index contributed by atoms with van der Waals surface area (Å²) in [5.41, 5.74) is 1.10. The lowest BCUT2D eigenvalue weighted by atomic mass is 10.0. The largest absolute Gasteiger partial charge is 0.496 e. The average Bonchev–Trinajstić information content (AvgIpc) is 3.47. The fourth-order valence-corrected chi connectivity index (χ4v) is 4.61. The topological polar surface area (TPSA) is 123 Å². The van der Waals surface area contributed by atoms with E-state index in [0.717, 1.165) is 6.42 Å². The van der Waals surface area contributed by atoms with Gasteiger partial charge in [-0.1, -0.05) is 26.8 Å². The summed E-state index contributed by atoms with van der Waals surface area (Å²) < 4.78 is 16.1. The van der Waals surface area contributed by atoms with Crippen LogP contribution in [0.3, 0.4) is 0 Å². The van der Waals surface area contributed by atoms with Crippen molar-refractivity contribution in [3.63, 3.8) is 0 Å². The summed E-state index contributed by atoms with van der Waals surface area (Å²) in [5, 5.41) is 5.71. The smallest absolute Gasteiger partial charge is 0.310 e. The summed E-state index contributed by atoms with van der Waals surface area (Å²) in [5.74, 6) is -1.10. The van der Waals surface area contributed by atoms with Gasteiger partial charge in [-0.15, -0.1) is 0 Å². The molecule has 0 spiro atoms. The van der Waals surface area contributed by atoms with Gasteiger partial charge in [0.15, 0.2) is 0 Å². The zero-order valence-electron chi connectivity index (χ0n) is 21.7. The van der Waals surface area contributed by atoms with E-state index in [0.29, 0.717) is 42.9 Å². The number of methoxy groups -OCH3 is 1. The van der Waals surface area contributed by atoms with Crippen LogP contribution in [0.2, 0.25) is 0 Å². The third-order valence-corrected chi connectivity index (χ3v) is 6.58. The molecule has 36 heavy (non-hydrogen) atoms. The van der Waals surface area contributed by atoms with Crippen molar-refractivity contribution in [3.8, 4) is 5.75 Å². The minimum Gasteiger partial charge on any atom is -0.496 e. The van der Waals surface area contributed by atoms with Crippen LogP contribution >= 0.6 is 0 Å². The first kappa shape index (κ1) is 27.4. The van der Waals surface area contributed by atoms with Crippen LogP contribution in [0.15, 0.2) is 18.2 Å². The molecule has 0 radical (unpaired) electrons. The second-order valence-electron chi connectivity index (χ2n) is 9.57. The number of benzene rings is 1. The standard InChI is InChI=1S/C26H37N3O7/c1-6-13-35-26-18(14-21(30)36-26)27-24(32)19-10-8-12-29(19)25(33)22(15(2)3)28-23(31)17-9-7-11-20(34-5)16(17)4/h7,9,11,15,18-19,22,26H,6,8,10,12-14H2,1-5H3,(H,27,32)(H,28,31)/t18-,19+,22+,26-/m1/s1. The lowest BCUT2D eigenvalue weighted by Crippen LogP contribution is -2.56. The molecule has 2 aliphatic rings. The molecule has 0 aliphatic carbocycles. The van der Waals surface area contributed by atoms with Crippen LogP contribution in [-0.4, -0.2) is 73.3 Å². The number of carbonyl (C=O) groups is 4. The van der Waals surface area contributed by atoms with E-state index in [1.807, 2.05) is 20.8 Å². The minimum absolute atomic E-state index is 0.0192. The van der Waals surface area contributed by atoms with Crippen molar-refractivity contribution in [2.75, 3.05) is 20.3 Å². The Morgan fingerprint density at radius 1 is 1.25 bits per heavy atom. The molecule has 198 valence electrons. The van der Waals surface area contributed by atoms with Crippen molar-refractivity contribution in [1.82, 2.24) is 15.5 Å². The highest BCUT2D eigenvalue weighted by Crippen LogP contribution is 2.24. The average molecular weight is 504 g/mol. The van der Waals surface area contributed by atoms with Crippen molar-refractivity contribution in [3.05, 3.63) is 29.3 Å². The summed E-state index contributed by atoms with van der Waals surface area (Å²) in [7, 11) is 1.54. The first-order valence-electron chi connectivity index (χ1n) is 12.5. The normalized spacial score (nSPS) is 22.3. The van der Waals surface area contributed by atoms with Gasteiger partial charge in [-0.05, 0) is 44.2 Å². The summed E-state index contributed by atoms with van der Waals surface area (Å²) >= 11 is 0. The number of nitrogens with zero attached hydrogens (tertiary/aromatic N) is 1. The summed E-state index contributed by atoms with van der Waals surface area (Å²) in [6.45, 7) is 8.24. The van der Waals surface area contributed by atoms with E-state index in [2.05, 4.69) is 10.6 Å². The first-order valence-corrected chi connectivity index (χ1v) is 12.5. The number of nitrogens with one attached hydrogen (secondary N) is 2. The second-order valence-corrected chi connectivity index (χ2v) is 9.57. The molecule has 2 N–H and O–H groups in total. The van der Waals surface area contributed by atoms with Crippen LogP contribution in [0.1, 0.15) is 62.4 Å². The van der Waals surface area contributed by atoms with Crippen LogP contribution in [0.5, 0.6) is 5.75 Å². The predicted molar refractivity (Wildman–Crippen MR) is 131 cm³/mol. The van der Waals surface area contributed by atoms with Gasteiger partial charge in [-0.3, -0.25) is 19.2 Å². The molecule has 0 bridgehead atoms. The fourth-order valence-electron chi connectivity index (χ4n) is 4.61. The molecule has 2 fully saturated rings. The molecule has 10 heteroatoms. The zero-order valence-corrected chi connectivity index (χ0v) is 21.7. The van der Waals surface area contributed by atoms with Gasteiger partial charge in [-0.2, -0.15) is 0 Å². The summed E-state index contributed by atoms with van der Waals surface area (Å²) in [4.78, 5) is 53.1. The molecule has 2 heterocycles. The molecule has 2 aliphatic heterocycles. The van der Waals surface area contributed by atoms with Crippen LogP contribution in [0, 0.1) is 12.8 Å². The van der Waals surface area contributed by atoms with Crippen LogP contribution in [-0.2, 0) is 23.9 Å². The number of ether oxygens (including phenoxy) is 3. The molecular weight excluding hydrogens is 466 g/mol. The van der Waals surface area contributed by atoms with Gasteiger partial charge in [-0.25, -0.2) is 0 Å². The minimum atomic E-state index is -0.833. The highest BCUT2D eigenvalue weighted by Gasteiger charge is 2.42. The van der Waals surface area contributed by atoms with Gasteiger partial charge in [0.05, 0.1) is 20.1 Å². The number of rotatable bonds is 10. The van der Waals surface area contributed by atoms with Crippen molar-refractivity contribution < 1.29 is 33.4 Å². The number of esters is 1. The number of hydrogen-bond donors (Lipinski definition) is 2. The molecular formula is C26H37N3O7. The van der Waals surface area contributed by atoms with Crippen molar-refractivity contribution in [2.45, 2.75) is 77.8 Å². The summed E-state index contributed by atoms with van der Waals surface area (Å²) in [6, 6.07) is 3.06. The maximum atomic E-state index is 13.6. The highest BCUT2D eigenvalue weighted by atomic mass is 16.7. The summed E-state index contributed by atoms with van der Waals surface area (Å²) in [6.07, 6.45) is 1.09. The zero-order chi connectivity index (χ0) is 26.4. The number of likely N-dealkylation sites (tertiary alicyclic amines) is 1. The van der Waals surface area contributed by atoms with E-state index in [9.17, 15) is 19.2 Å². The van der Waals surface area contributed by atoms with E-state index in [-0.39, 0.29) is 30.1 Å². The first-order chi connectivity index (χ1) is 17.2. The van der Waals surface area contributed by atoms with Gasteiger partial charge >= 0.3 is 5.97 Å². The quantitative estimate of drug-likeness (QED) is 0.468. The molecule has 3 amide bonds. The third-order valence-electron chi connectivity index (χ3n) is 6.58. The Balaban J connectivity index is 1.70. The van der Waals surface area contributed by atoms with E-state index >= 15 is 0 Å². The number of carbonyl (C=O) groups excluding carboxylic acids is 4. The van der Waals surface area contributed by atoms with Gasteiger partial charge in [0.25, 0.3) is 5.91 Å². The molecule has 4 atom stereocenters. The lowest BCUT2D eigenvalue weighted by Gasteiger charge is -2.31. The number of cyclic esters (lactones) is 1. The lowest BCUT2D eigenvalue weighted by molar-refractivity contribution is -0.165. The predicted octanol–water partition coefficient (Wildman–Crippen LogP) is 1.93. The maximum Gasteiger partial charge on any atom is 0.310 e. The van der Waals surface area contributed by atoms with E-state index in [4.69, 9.17) is 14.2 Å². The van der Waals surface area contributed by atoms with Gasteiger partial charge in [0.2, 0.25) is 18.1 Å². The molecule has 2 saturated heterocycles. The van der Waals surface area contributed by atoms with Crippen LogP contribution in [0.25, 0.3) is 0 Å². The number of amides is 3. The van der Waals surface area contributed by atoms with E-state index in [1.165, 1.54) is 12.0 Å². The maximum absolute atomic E-state index is 13.6. The second kappa shape index (κ2) is 12.2. The molecule has 1 aromatic carbocycles. The number of hydrogen-bond acceptors (Lipinski definition) is 7. The molecule has 10 nitrogen and oxygen atoms in total. The van der Waals surface area contributed by atoms with E-state index < -0.39 is 30.4 Å². The van der Waals surface area contributed by atoms with Crippen LogP contribution in [0.4, 0.5) is 0 Å². The SMILES string of the molecule is CCCO[C@@H]1OC(=O)C[C@H]1NC(=O)[C@@H]1CCCN1C(=O)[C@@H](NC(=O)c1cccc(OC)c1C)C(C)C. The monoisotopic (exact) mass is 503 g/mol. The molecule has 0 aromatic heterocycles. The van der Waals surface area contributed by atoms with Crippen LogP contribution < -0.4 is 15.4 Å². The Morgan fingerprint density at radius 2 is 2.00 bits per heavy atom. The highest BCUT2D eigenvalue weighted by molar-refractivity contribution is 6.00. The Morgan fingerprint density at radius 3 is 2.67 bits per heavy atom. The third kappa shape index (κ3) is 6.16. The molecule has 0 unspecified atom stereocenters. The van der Waals surface area contributed by atoms with E-state index in [1.54, 1.807) is 25.1 Å². The van der Waals surface area contributed by atoms with Gasteiger partial charge < -0.3 is 29.7 Å². The Kier molecular flexibility index (Phi) is 9.31. The van der Waals surface area contributed by atoms with Crippen molar-refractivity contribution >= 4 is 23.7 Å². The molecule has 3 rings (SSSR count). The van der Waals surface area contributed by atoms with Crippen molar-refractivity contribution in [1.29, 1.82) is 0 Å².